The number of benzene rings is 1. The number of amides is 1. The number of nitrogens with one attached hydrogen (secondary N) is 2. The summed E-state index contributed by atoms with van der Waals surface area (Å²) < 4.78 is 0.854. The highest BCUT2D eigenvalue weighted by atomic mass is 79.9. The maximum absolute atomic E-state index is 11.9. The Morgan fingerprint density at radius 2 is 2.15 bits per heavy atom. The number of hydrogen-bond acceptors (Lipinski definition) is 2. The summed E-state index contributed by atoms with van der Waals surface area (Å²) in [7, 11) is 0. The second-order valence-electron chi connectivity index (χ2n) is 4.44. The summed E-state index contributed by atoms with van der Waals surface area (Å²) in [4.78, 5) is 19.2. The highest BCUT2D eigenvalue weighted by Crippen LogP contribution is 2.14. The molecule has 2 heterocycles. The molecular weight excluding hydrogens is 318 g/mol. The number of nitrogens with zero attached hydrogens (tertiary/aromatic N) is 1. The normalized spacial score (nSPS) is 10.7. The number of rotatable bonds is 3. The monoisotopic (exact) mass is 329 g/mol. The Morgan fingerprint density at radius 3 is 2.95 bits per heavy atom. The number of aromatic amines is 1. The Hall–Kier alpha value is -2.14. The van der Waals surface area contributed by atoms with Crippen LogP contribution in [0, 0.1) is 0 Å². The van der Waals surface area contributed by atoms with Gasteiger partial charge >= 0.3 is 0 Å². The van der Waals surface area contributed by atoms with Crippen molar-refractivity contribution < 1.29 is 4.79 Å². The van der Waals surface area contributed by atoms with Crippen LogP contribution in [0.3, 0.4) is 0 Å². The van der Waals surface area contributed by atoms with Crippen LogP contribution in [0.25, 0.3) is 10.9 Å². The van der Waals surface area contributed by atoms with Gasteiger partial charge in [-0.25, -0.2) is 4.98 Å². The molecule has 3 rings (SSSR count). The van der Waals surface area contributed by atoms with Gasteiger partial charge in [-0.3, -0.25) is 4.79 Å². The van der Waals surface area contributed by atoms with E-state index in [1.165, 1.54) is 0 Å². The molecule has 100 valence electrons. The number of pyridine rings is 1. The first kappa shape index (κ1) is 12.9. The Labute approximate surface area is 124 Å². The quantitative estimate of drug-likeness (QED) is 0.774. The van der Waals surface area contributed by atoms with Crippen molar-refractivity contribution in [2.45, 2.75) is 6.54 Å². The highest BCUT2D eigenvalue weighted by Gasteiger charge is 2.06. The SMILES string of the molecule is O=C(NCc1ccc2[nH]ccc2c1)c1ccc(Br)cn1. The van der Waals surface area contributed by atoms with E-state index in [0.29, 0.717) is 12.2 Å². The first-order valence-corrected chi connectivity index (χ1v) is 6.97. The Balaban J connectivity index is 1.69. The van der Waals surface area contributed by atoms with E-state index in [9.17, 15) is 4.79 Å². The molecule has 5 heteroatoms. The second kappa shape index (κ2) is 5.46. The number of carbonyl (C=O) groups excluding carboxylic acids is 1. The van der Waals surface area contributed by atoms with Crippen LogP contribution < -0.4 is 5.32 Å². The molecule has 0 atom stereocenters. The van der Waals surface area contributed by atoms with Crippen molar-refractivity contribution >= 4 is 32.7 Å². The van der Waals surface area contributed by atoms with Crippen LogP contribution in [0.5, 0.6) is 0 Å². The highest BCUT2D eigenvalue weighted by molar-refractivity contribution is 9.10. The van der Waals surface area contributed by atoms with Crippen molar-refractivity contribution in [2.24, 2.45) is 0 Å². The Kier molecular flexibility index (Phi) is 3.52. The van der Waals surface area contributed by atoms with Gasteiger partial charge in [0.15, 0.2) is 0 Å². The Bertz CT molecular complexity index is 749. The molecule has 1 aromatic carbocycles. The fourth-order valence-corrected chi connectivity index (χ4v) is 2.23. The maximum Gasteiger partial charge on any atom is 0.270 e. The van der Waals surface area contributed by atoms with Crippen LogP contribution in [0.4, 0.5) is 0 Å². The summed E-state index contributed by atoms with van der Waals surface area (Å²) in [5.41, 5.74) is 2.56. The topological polar surface area (TPSA) is 57.8 Å². The van der Waals surface area contributed by atoms with E-state index in [4.69, 9.17) is 0 Å². The predicted molar refractivity (Wildman–Crippen MR) is 81.4 cm³/mol. The molecule has 0 bridgehead atoms. The van der Waals surface area contributed by atoms with Gasteiger partial charge in [0.25, 0.3) is 5.91 Å². The number of aromatic nitrogens is 2. The molecule has 2 aromatic heterocycles. The number of halogens is 1. The van der Waals surface area contributed by atoms with Crippen molar-refractivity contribution in [1.82, 2.24) is 15.3 Å². The smallest absolute Gasteiger partial charge is 0.270 e. The molecular formula is C15H12BrN3O. The molecule has 1 amide bonds. The minimum atomic E-state index is -0.174. The fraction of sp³-hybridized carbons (Fsp3) is 0.0667. The van der Waals surface area contributed by atoms with E-state index >= 15 is 0 Å². The zero-order chi connectivity index (χ0) is 13.9. The lowest BCUT2D eigenvalue weighted by atomic mass is 10.1. The summed E-state index contributed by atoms with van der Waals surface area (Å²) in [5.74, 6) is -0.174. The van der Waals surface area contributed by atoms with Gasteiger partial charge in [-0.2, -0.15) is 0 Å². The molecule has 0 aliphatic rings. The summed E-state index contributed by atoms with van der Waals surface area (Å²) >= 11 is 3.29. The van der Waals surface area contributed by atoms with Crippen molar-refractivity contribution in [2.75, 3.05) is 0 Å². The third-order valence-corrected chi connectivity index (χ3v) is 3.50. The van der Waals surface area contributed by atoms with E-state index in [0.717, 1.165) is 20.9 Å². The van der Waals surface area contributed by atoms with Crippen LogP contribution in [-0.2, 0) is 6.54 Å². The molecule has 0 aliphatic carbocycles. The zero-order valence-electron chi connectivity index (χ0n) is 10.6. The molecule has 20 heavy (non-hydrogen) atoms. The van der Waals surface area contributed by atoms with Crippen molar-refractivity contribution in [1.29, 1.82) is 0 Å². The van der Waals surface area contributed by atoms with Crippen molar-refractivity contribution in [3.8, 4) is 0 Å². The molecule has 3 aromatic rings. The van der Waals surface area contributed by atoms with Crippen LogP contribution >= 0.6 is 15.9 Å². The first-order valence-electron chi connectivity index (χ1n) is 6.18. The molecule has 0 spiro atoms. The van der Waals surface area contributed by atoms with Crippen molar-refractivity contribution in [3.05, 3.63) is 64.5 Å². The van der Waals surface area contributed by atoms with Gasteiger partial charge in [-0.15, -0.1) is 0 Å². The van der Waals surface area contributed by atoms with Gasteiger partial charge in [0.05, 0.1) is 0 Å². The van der Waals surface area contributed by atoms with Gasteiger partial charge < -0.3 is 10.3 Å². The average molecular weight is 330 g/mol. The third-order valence-electron chi connectivity index (χ3n) is 3.03. The molecule has 2 N–H and O–H groups in total. The van der Waals surface area contributed by atoms with Gasteiger partial charge in [0.2, 0.25) is 0 Å². The average Bonchev–Trinajstić information content (AvgIpc) is 2.93. The molecule has 0 saturated heterocycles. The van der Waals surface area contributed by atoms with Crippen LogP contribution in [0.1, 0.15) is 16.1 Å². The van der Waals surface area contributed by atoms with E-state index < -0.39 is 0 Å². The number of hydrogen-bond donors (Lipinski definition) is 2. The van der Waals surface area contributed by atoms with Gasteiger partial charge in [-0.1, -0.05) is 6.07 Å². The summed E-state index contributed by atoms with van der Waals surface area (Å²) in [6.07, 6.45) is 3.51. The Morgan fingerprint density at radius 1 is 1.25 bits per heavy atom. The van der Waals surface area contributed by atoms with Crippen LogP contribution in [-0.4, -0.2) is 15.9 Å². The zero-order valence-corrected chi connectivity index (χ0v) is 12.1. The largest absolute Gasteiger partial charge is 0.361 e. The summed E-state index contributed by atoms with van der Waals surface area (Å²) in [6, 6.07) is 11.6. The van der Waals surface area contributed by atoms with Gasteiger partial charge in [0, 0.05) is 28.9 Å². The van der Waals surface area contributed by atoms with Crippen LogP contribution in [0.2, 0.25) is 0 Å². The number of carbonyl (C=O) groups is 1. The minimum Gasteiger partial charge on any atom is -0.361 e. The molecule has 4 nitrogen and oxygen atoms in total. The fourth-order valence-electron chi connectivity index (χ4n) is 2.00. The lowest BCUT2D eigenvalue weighted by Crippen LogP contribution is -2.23. The molecule has 0 aliphatic heterocycles. The van der Waals surface area contributed by atoms with Crippen LogP contribution in [0.15, 0.2) is 53.3 Å². The van der Waals surface area contributed by atoms with E-state index in [1.807, 2.05) is 24.4 Å². The molecule has 0 radical (unpaired) electrons. The van der Waals surface area contributed by atoms with E-state index in [-0.39, 0.29) is 5.91 Å². The predicted octanol–water partition coefficient (Wildman–Crippen LogP) is 3.26. The standard InChI is InChI=1S/C15H12BrN3O/c16-12-2-4-14(18-9-12)15(20)19-8-10-1-3-13-11(7-10)5-6-17-13/h1-7,9,17H,8H2,(H,19,20). The third kappa shape index (κ3) is 2.72. The number of H-pyrrole nitrogens is 1. The molecule has 0 fully saturated rings. The first-order chi connectivity index (χ1) is 9.72. The van der Waals surface area contributed by atoms with Gasteiger partial charge in [0.1, 0.15) is 5.69 Å². The summed E-state index contributed by atoms with van der Waals surface area (Å²) in [6.45, 7) is 0.484. The second-order valence-corrected chi connectivity index (χ2v) is 5.36. The maximum atomic E-state index is 11.9. The lowest BCUT2D eigenvalue weighted by molar-refractivity contribution is 0.0946. The lowest BCUT2D eigenvalue weighted by Gasteiger charge is -2.05. The van der Waals surface area contributed by atoms with Crippen molar-refractivity contribution in [3.63, 3.8) is 0 Å². The van der Waals surface area contributed by atoms with E-state index in [1.54, 1.807) is 18.3 Å². The van der Waals surface area contributed by atoms with E-state index in [2.05, 4.69) is 37.3 Å². The number of fused-ring (bicyclic) bond motifs is 1. The molecule has 0 saturated carbocycles. The summed E-state index contributed by atoms with van der Waals surface area (Å²) in [5, 5.41) is 4.00. The molecule has 0 unspecified atom stereocenters. The van der Waals surface area contributed by atoms with Gasteiger partial charge in [-0.05, 0) is 57.2 Å². The minimum absolute atomic E-state index is 0.174.